The van der Waals surface area contributed by atoms with E-state index in [4.69, 9.17) is 4.99 Å². The maximum Gasteiger partial charge on any atom is 0.222 e. The molecule has 1 unspecified atom stereocenters. The van der Waals surface area contributed by atoms with Crippen LogP contribution >= 0.6 is 0 Å². The van der Waals surface area contributed by atoms with Gasteiger partial charge >= 0.3 is 0 Å². The van der Waals surface area contributed by atoms with Crippen molar-refractivity contribution in [1.29, 1.82) is 0 Å². The SMILES string of the molecule is CCNC(=NCCC1CCN(C)CC1)NC1CCN(C(=O)CC)C1. The fourth-order valence-corrected chi connectivity index (χ4v) is 3.55. The zero-order valence-corrected chi connectivity index (χ0v) is 15.7. The third kappa shape index (κ3) is 5.96. The van der Waals surface area contributed by atoms with E-state index in [2.05, 4.69) is 29.5 Å². The van der Waals surface area contributed by atoms with Crippen molar-refractivity contribution >= 4 is 11.9 Å². The smallest absolute Gasteiger partial charge is 0.222 e. The largest absolute Gasteiger partial charge is 0.357 e. The van der Waals surface area contributed by atoms with Gasteiger partial charge in [-0.25, -0.2) is 0 Å². The zero-order valence-electron chi connectivity index (χ0n) is 15.7. The van der Waals surface area contributed by atoms with Crippen LogP contribution < -0.4 is 10.6 Å². The first-order valence-corrected chi connectivity index (χ1v) is 9.63. The molecule has 24 heavy (non-hydrogen) atoms. The highest BCUT2D eigenvalue weighted by Crippen LogP contribution is 2.19. The number of nitrogens with zero attached hydrogens (tertiary/aromatic N) is 3. The highest BCUT2D eigenvalue weighted by molar-refractivity contribution is 5.80. The fourth-order valence-electron chi connectivity index (χ4n) is 3.55. The van der Waals surface area contributed by atoms with Crippen LogP contribution in [0.4, 0.5) is 0 Å². The molecule has 0 spiro atoms. The van der Waals surface area contributed by atoms with E-state index in [0.717, 1.165) is 44.5 Å². The van der Waals surface area contributed by atoms with Crippen LogP contribution in [-0.4, -0.2) is 74.0 Å². The second kappa shape index (κ2) is 9.87. The van der Waals surface area contributed by atoms with E-state index in [1.807, 2.05) is 11.8 Å². The van der Waals surface area contributed by atoms with Crippen molar-refractivity contribution in [3.8, 4) is 0 Å². The second-order valence-corrected chi connectivity index (χ2v) is 7.12. The molecule has 2 rings (SSSR count). The molecule has 2 saturated heterocycles. The Morgan fingerprint density at radius 2 is 1.92 bits per heavy atom. The molecular weight excluding hydrogens is 302 g/mol. The summed E-state index contributed by atoms with van der Waals surface area (Å²) >= 11 is 0. The first kappa shape index (κ1) is 19.0. The molecule has 1 amide bonds. The topological polar surface area (TPSA) is 60.0 Å². The summed E-state index contributed by atoms with van der Waals surface area (Å²) in [5.74, 6) is 1.97. The van der Waals surface area contributed by atoms with Gasteiger partial charge in [-0.1, -0.05) is 6.92 Å². The standard InChI is InChI=1S/C18H35N5O/c1-4-17(24)23-13-9-16(14-23)21-18(19-5-2)20-10-6-15-7-11-22(3)12-8-15/h15-16H,4-14H2,1-3H3,(H2,19,20,21). The molecule has 6 heteroatoms. The van der Waals surface area contributed by atoms with E-state index in [9.17, 15) is 4.79 Å². The summed E-state index contributed by atoms with van der Waals surface area (Å²) in [7, 11) is 2.20. The number of nitrogens with one attached hydrogen (secondary N) is 2. The Morgan fingerprint density at radius 1 is 1.17 bits per heavy atom. The summed E-state index contributed by atoms with van der Waals surface area (Å²) in [6.07, 6.45) is 5.37. The van der Waals surface area contributed by atoms with Gasteiger partial charge in [-0.3, -0.25) is 9.79 Å². The van der Waals surface area contributed by atoms with Gasteiger partial charge in [0.2, 0.25) is 5.91 Å². The van der Waals surface area contributed by atoms with Gasteiger partial charge in [0.25, 0.3) is 0 Å². The minimum Gasteiger partial charge on any atom is -0.357 e. The average Bonchev–Trinajstić information content (AvgIpc) is 3.04. The van der Waals surface area contributed by atoms with Crippen LogP contribution in [0.25, 0.3) is 0 Å². The number of hydrogen-bond donors (Lipinski definition) is 2. The van der Waals surface area contributed by atoms with Crippen LogP contribution in [0.3, 0.4) is 0 Å². The summed E-state index contributed by atoms with van der Waals surface area (Å²) in [5, 5.41) is 6.85. The molecule has 0 aliphatic carbocycles. The van der Waals surface area contributed by atoms with Gasteiger partial charge in [0.15, 0.2) is 5.96 Å². The summed E-state index contributed by atoms with van der Waals surface area (Å²) in [6.45, 7) is 9.86. The molecule has 2 fully saturated rings. The van der Waals surface area contributed by atoms with Crippen molar-refractivity contribution in [3.05, 3.63) is 0 Å². The molecule has 6 nitrogen and oxygen atoms in total. The first-order valence-electron chi connectivity index (χ1n) is 9.63. The average molecular weight is 338 g/mol. The predicted octanol–water partition coefficient (Wildman–Crippen LogP) is 1.28. The minimum atomic E-state index is 0.253. The number of likely N-dealkylation sites (tertiary alicyclic amines) is 2. The Labute approximate surface area is 147 Å². The van der Waals surface area contributed by atoms with Crippen LogP contribution in [0.5, 0.6) is 0 Å². The number of guanidine groups is 1. The molecular formula is C18H35N5O. The van der Waals surface area contributed by atoms with Crippen molar-refractivity contribution in [2.24, 2.45) is 10.9 Å². The summed E-state index contributed by atoms with van der Waals surface area (Å²) in [6, 6.07) is 0.321. The van der Waals surface area contributed by atoms with E-state index in [-0.39, 0.29) is 5.91 Å². The predicted molar refractivity (Wildman–Crippen MR) is 99.2 cm³/mol. The Morgan fingerprint density at radius 3 is 2.58 bits per heavy atom. The van der Waals surface area contributed by atoms with E-state index in [1.165, 1.54) is 32.4 Å². The van der Waals surface area contributed by atoms with Gasteiger partial charge in [-0.05, 0) is 58.7 Å². The fraction of sp³-hybridized carbons (Fsp3) is 0.889. The van der Waals surface area contributed by atoms with E-state index >= 15 is 0 Å². The molecule has 0 aromatic rings. The number of piperidine rings is 1. The minimum absolute atomic E-state index is 0.253. The Balaban J connectivity index is 1.75. The number of amides is 1. The maximum atomic E-state index is 11.8. The molecule has 2 aliphatic rings. The Kier molecular flexibility index (Phi) is 7.82. The number of carbonyl (C=O) groups is 1. The van der Waals surface area contributed by atoms with Gasteiger partial charge < -0.3 is 20.4 Å². The van der Waals surface area contributed by atoms with Crippen molar-refractivity contribution in [3.63, 3.8) is 0 Å². The van der Waals surface area contributed by atoms with E-state index < -0.39 is 0 Å². The van der Waals surface area contributed by atoms with Crippen molar-refractivity contribution in [2.75, 3.05) is 46.3 Å². The lowest BCUT2D eigenvalue weighted by molar-refractivity contribution is -0.129. The lowest BCUT2D eigenvalue weighted by Gasteiger charge is -2.28. The van der Waals surface area contributed by atoms with Gasteiger partial charge in [0.1, 0.15) is 0 Å². The molecule has 0 bridgehead atoms. The lowest BCUT2D eigenvalue weighted by atomic mass is 9.94. The summed E-state index contributed by atoms with van der Waals surface area (Å²) < 4.78 is 0. The first-order chi connectivity index (χ1) is 11.6. The summed E-state index contributed by atoms with van der Waals surface area (Å²) in [5.41, 5.74) is 0. The van der Waals surface area contributed by atoms with Crippen LogP contribution in [0, 0.1) is 5.92 Å². The van der Waals surface area contributed by atoms with Gasteiger partial charge in [-0.2, -0.15) is 0 Å². The van der Waals surface area contributed by atoms with E-state index in [0.29, 0.717) is 12.5 Å². The molecule has 2 aliphatic heterocycles. The molecule has 2 heterocycles. The zero-order chi connectivity index (χ0) is 17.4. The second-order valence-electron chi connectivity index (χ2n) is 7.12. The molecule has 2 N–H and O–H groups in total. The van der Waals surface area contributed by atoms with Crippen LogP contribution in [0.1, 0.15) is 46.0 Å². The maximum absolute atomic E-state index is 11.8. The van der Waals surface area contributed by atoms with Crippen LogP contribution in [0.15, 0.2) is 4.99 Å². The Bertz CT molecular complexity index is 418. The number of hydrogen-bond acceptors (Lipinski definition) is 3. The molecule has 0 radical (unpaired) electrons. The number of rotatable bonds is 6. The molecule has 138 valence electrons. The normalized spacial score (nSPS) is 23.5. The number of aliphatic imine (C=N–C) groups is 1. The third-order valence-electron chi connectivity index (χ3n) is 5.17. The summed E-state index contributed by atoms with van der Waals surface area (Å²) in [4.78, 5) is 20.9. The van der Waals surface area contributed by atoms with Crippen LogP contribution in [-0.2, 0) is 4.79 Å². The molecule has 0 aromatic heterocycles. The molecule has 0 aromatic carbocycles. The monoisotopic (exact) mass is 337 g/mol. The van der Waals surface area contributed by atoms with Crippen molar-refractivity contribution in [2.45, 2.75) is 52.0 Å². The number of carbonyl (C=O) groups excluding carboxylic acids is 1. The molecule has 0 saturated carbocycles. The van der Waals surface area contributed by atoms with Gasteiger partial charge in [-0.15, -0.1) is 0 Å². The van der Waals surface area contributed by atoms with Gasteiger partial charge in [0, 0.05) is 38.6 Å². The van der Waals surface area contributed by atoms with Crippen molar-refractivity contribution in [1.82, 2.24) is 20.4 Å². The van der Waals surface area contributed by atoms with E-state index in [1.54, 1.807) is 0 Å². The van der Waals surface area contributed by atoms with Crippen molar-refractivity contribution < 1.29 is 4.79 Å². The molecule has 1 atom stereocenters. The highest BCUT2D eigenvalue weighted by atomic mass is 16.2. The van der Waals surface area contributed by atoms with Crippen LogP contribution in [0.2, 0.25) is 0 Å². The van der Waals surface area contributed by atoms with Gasteiger partial charge in [0.05, 0.1) is 0 Å². The quantitative estimate of drug-likeness (QED) is 0.566. The highest BCUT2D eigenvalue weighted by Gasteiger charge is 2.25. The Hall–Kier alpha value is -1.30. The lowest BCUT2D eigenvalue weighted by Crippen LogP contribution is -2.45. The third-order valence-corrected chi connectivity index (χ3v) is 5.17.